The molecule has 2 aliphatic rings. The van der Waals surface area contributed by atoms with Crippen molar-refractivity contribution in [1.29, 1.82) is 0 Å². The van der Waals surface area contributed by atoms with E-state index in [-0.39, 0.29) is 12.5 Å². The van der Waals surface area contributed by atoms with Gasteiger partial charge < -0.3 is 10.4 Å². The van der Waals surface area contributed by atoms with Crippen LogP contribution < -0.4 is 5.32 Å². The Morgan fingerprint density at radius 3 is 2.19 bits per heavy atom. The van der Waals surface area contributed by atoms with Crippen molar-refractivity contribution in [2.75, 3.05) is 19.7 Å². The molecule has 2 saturated carbocycles. The minimum absolute atomic E-state index is 0.195. The molecule has 2 N–H and O–H groups in total. The number of amides is 1. The van der Waals surface area contributed by atoms with Gasteiger partial charge in [-0.2, -0.15) is 0 Å². The number of rotatable bonds is 7. The maximum atomic E-state index is 12.1. The molecule has 4 nitrogen and oxygen atoms in total. The van der Waals surface area contributed by atoms with Gasteiger partial charge in [-0.25, -0.2) is 0 Å². The van der Waals surface area contributed by atoms with Gasteiger partial charge in [-0.3, -0.25) is 9.69 Å². The smallest absolute Gasteiger partial charge is 0.221 e. The zero-order valence-corrected chi connectivity index (χ0v) is 13.4. The Hall–Kier alpha value is -0.610. The van der Waals surface area contributed by atoms with Gasteiger partial charge in [0.05, 0.1) is 6.61 Å². The highest BCUT2D eigenvalue weighted by molar-refractivity contribution is 5.76. The van der Waals surface area contributed by atoms with Crippen molar-refractivity contribution in [3.63, 3.8) is 0 Å². The zero-order chi connectivity index (χ0) is 14.9. The average molecular weight is 296 g/mol. The second-order valence-electron chi connectivity index (χ2n) is 6.70. The van der Waals surface area contributed by atoms with E-state index in [1.165, 1.54) is 51.4 Å². The summed E-state index contributed by atoms with van der Waals surface area (Å²) in [4.78, 5) is 14.4. The SMILES string of the molecule is O=C(CCN(CCO)C1CCCCC1)NC1CCCCC1. The van der Waals surface area contributed by atoms with E-state index in [1.807, 2.05) is 0 Å². The van der Waals surface area contributed by atoms with Crippen LogP contribution in [0.3, 0.4) is 0 Å². The summed E-state index contributed by atoms with van der Waals surface area (Å²) in [7, 11) is 0. The lowest BCUT2D eigenvalue weighted by Gasteiger charge is -2.34. The Kier molecular flexibility index (Phi) is 7.51. The Morgan fingerprint density at radius 2 is 1.57 bits per heavy atom. The van der Waals surface area contributed by atoms with E-state index in [9.17, 15) is 9.90 Å². The summed E-state index contributed by atoms with van der Waals surface area (Å²) in [5, 5.41) is 12.4. The fourth-order valence-electron chi connectivity index (χ4n) is 3.84. The Labute approximate surface area is 129 Å². The molecule has 0 radical (unpaired) electrons. The normalized spacial score (nSPS) is 21.6. The van der Waals surface area contributed by atoms with Crippen molar-refractivity contribution in [3.8, 4) is 0 Å². The lowest BCUT2D eigenvalue weighted by atomic mass is 9.94. The Balaban J connectivity index is 1.70. The molecule has 0 bridgehead atoms. The van der Waals surface area contributed by atoms with Gasteiger partial charge in [-0.15, -0.1) is 0 Å². The molecule has 0 aromatic carbocycles. The molecule has 122 valence electrons. The highest BCUT2D eigenvalue weighted by Gasteiger charge is 2.22. The van der Waals surface area contributed by atoms with Crippen molar-refractivity contribution in [1.82, 2.24) is 10.2 Å². The highest BCUT2D eigenvalue weighted by Crippen LogP contribution is 2.22. The van der Waals surface area contributed by atoms with E-state index in [0.29, 0.717) is 25.0 Å². The lowest BCUT2D eigenvalue weighted by Crippen LogP contribution is -2.42. The Morgan fingerprint density at radius 1 is 0.952 bits per heavy atom. The topological polar surface area (TPSA) is 52.6 Å². The van der Waals surface area contributed by atoms with Crippen molar-refractivity contribution >= 4 is 5.91 Å². The summed E-state index contributed by atoms with van der Waals surface area (Å²) in [6.07, 6.45) is 13.1. The first-order chi connectivity index (χ1) is 10.3. The quantitative estimate of drug-likeness (QED) is 0.759. The second kappa shape index (κ2) is 9.42. The number of carbonyl (C=O) groups is 1. The summed E-state index contributed by atoms with van der Waals surface area (Å²) in [6.45, 7) is 1.70. The van der Waals surface area contributed by atoms with Crippen molar-refractivity contribution < 1.29 is 9.90 Å². The highest BCUT2D eigenvalue weighted by atomic mass is 16.3. The van der Waals surface area contributed by atoms with E-state index in [1.54, 1.807) is 0 Å². The van der Waals surface area contributed by atoms with Gasteiger partial charge in [-0.05, 0) is 25.7 Å². The number of aliphatic hydroxyl groups excluding tert-OH is 1. The zero-order valence-electron chi connectivity index (χ0n) is 13.4. The standard InChI is InChI=1S/C17H32N2O2/c20-14-13-19(16-9-5-2-6-10-16)12-11-17(21)18-15-7-3-1-4-8-15/h15-16,20H,1-14H2,(H,18,21). The van der Waals surface area contributed by atoms with Gasteiger partial charge in [0.15, 0.2) is 0 Å². The molecule has 2 rings (SSSR count). The molecule has 0 heterocycles. The van der Waals surface area contributed by atoms with Crippen LogP contribution >= 0.6 is 0 Å². The third-order valence-electron chi connectivity index (χ3n) is 5.07. The summed E-state index contributed by atoms with van der Waals surface area (Å²) in [5.74, 6) is 0.195. The number of hydrogen-bond donors (Lipinski definition) is 2. The van der Waals surface area contributed by atoms with Crippen LogP contribution in [0.25, 0.3) is 0 Å². The van der Waals surface area contributed by atoms with Gasteiger partial charge in [-0.1, -0.05) is 38.5 Å². The molecule has 4 heteroatoms. The monoisotopic (exact) mass is 296 g/mol. The Bertz CT molecular complexity index is 297. The van der Waals surface area contributed by atoms with E-state index >= 15 is 0 Å². The van der Waals surface area contributed by atoms with Gasteiger partial charge in [0.2, 0.25) is 5.91 Å². The van der Waals surface area contributed by atoms with Crippen LogP contribution in [0, 0.1) is 0 Å². The van der Waals surface area contributed by atoms with Crippen molar-refractivity contribution in [3.05, 3.63) is 0 Å². The molecule has 0 unspecified atom stereocenters. The first-order valence-corrected chi connectivity index (χ1v) is 8.94. The minimum Gasteiger partial charge on any atom is -0.395 e. The molecule has 0 aromatic heterocycles. The minimum atomic E-state index is 0.195. The molecular weight excluding hydrogens is 264 g/mol. The van der Waals surface area contributed by atoms with E-state index in [4.69, 9.17) is 0 Å². The molecule has 0 aliphatic heterocycles. The van der Waals surface area contributed by atoms with Crippen molar-refractivity contribution in [2.24, 2.45) is 0 Å². The second-order valence-corrected chi connectivity index (χ2v) is 6.70. The summed E-state index contributed by atoms with van der Waals surface area (Å²) in [6, 6.07) is 0.987. The molecule has 1 amide bonds. The number of carbonyl (C=O) groups excluding carboxylic acids is 1. The first kappa shape index (κ1) is 16.8. The average Bonchev–Trinajstić information content (AvgIpc) is 2.53. The summed E-state index contributed by atoms with van der Waals surface area (Å²) < 4.78 is 0. The third-order valence-corrected chi connectivity index (χ3v) is 5.07. The fraction of sp³-hybridized carbons (Fsp3) is 0.941. The molecular formula is C17H32N2O2. The molecule has 2 aliphatic carbocycles. The van der Waals surface area contributed by atoms with Crippen LogP contribution in [0.4, 0.5) is 0 Å². The van der Waals surface area contributed by atoms with Gasteiger partial charge in [0, 0.05) is 31.6 Å². The maximum Gasteiger partial charge on any atom is 0.221 e. The van der Waals surface area contributed by atoms with E-state index in [0.717, 1.165) is 19.4 Å². The largest absolute Gasteiger partial charge is 0.395 e. The van der Waals surface area contributed by atoms with Crippen LogP contribution in [0.2, 0.25) is 0 Å². The molecule has 0 atom stereocenters. The molecule has 21 heavy (non-hydrogen) atoms. The fourth-order valence-corrected chi connectivity index (χ4v) is 3.84. The lowest BCUT2D eigenvalue weighted by molar-refractivity contribution is -0.122. The number of aliphatic hydroxyl groups is 1. The maximum absolute atomic E-state index is 12.1. The molecule has 0 spiro atoms. The number of hydrogen-bond acceptors (Lipinski definition) is 3. The predicted molar refractivity (Wildman–Crippen MR) is 85.2 cm³/mol. The molecule has 0 saturated heterocycles. The van der Waals surface area contributed by atoms with Gasteiger partial charge in [0.25, 0.3) is 0 Å². The molecule has 2 fully saturated rings. The molecule has 0 aromatic rings. The van der Waals surface area contributed by atoms with Crippen LogP contribution in [-0.4, -0.2) is 47.7 Å². The summed E-state index contributed by atoms with van der Waals surface area (Å²) >= 11 is 0. The van der Waals surface area contributed by atoms with Crippen molar-refractivity contribution in [2.45, 2.75) is 82.7 Å². The first-order valence-electron chi connectivity index (χ1n) is 8.94. The van der Waals surface area contributed by atoms with Gasteiger partial charge in [0.1, 0.15) is 0 Å². The van der Waals surface area contributed by atoms with E-state index in [2.05, 4.69) is 10.2 Å². The van der Waals surface area contributed by atoms with Crippen LogP contribution in [0.15, 0.2) is 0 Å². The van der Waals surface area contributed by atoms with Crippen LogP contribution in [0.5, 0.6) is 0 Å². The third kappa shape index (κ3) is 5.95. The van der Waals surface area contributed by atoms with Crippen LogP contribution in [-0.2, 0) is 4.79 Å². The van der Waals surface area contributed by atoms with E-state index < -0.39 is 0 Å². The number of nitrogens with zero attached hydrogens (tertiary/aromatic N) is 1. The summed E-state index contributed by atoms with van der Waals surface area (Å²) in [5.41, 5.74) is 0. The van der Waals surface area contributed by atoms with Crippen LogP contribution in [0.1, 0.15) is 70.6 Å². The van der Waals surface area contributed by atoms with Gasteiger partial charge >= 0.3 is 0 Å². The predicted octanol–water partition coefficient (Wildman–Crippen LogP) is 2.45. The number of nitrogens with one attached hydrogen (secondary N) is 1.